The van der Waals surface area contributed by atoms with E-state index in [2.05, 4.69) is 21.0 Å². The van der Waals surface area contributed by atoms with Crippen molar-refractivity contribution in [3.63, 3.8) is 0 Å². The smallest absolute Gasteiger partial charge is 0.407 e. The summed E-state index contributed by atoms with van der Waals surface area (Å²) in [4.78, 5) is 12.2. The van der Waals surface area contributed by atoms with Crippen molar-refractivity contribution in [1.82, 2.24) is 14.7 Å². The van der Waals surface area contributed by atoms with E-state index in [0.29, 0.717) is 19.1 Å². The molecule has 0 atom stereocenters. The molecule has 2 heterocycles. The molecule has 0 unspecified atom stereocenters. The summed E-state index contributed by atoms with van der Waals surface area (Å²) in [7, 11) is 0. The zero-order chi connectivity index (χ0) is 10.8. The van der Waals surface area contributed by atoms with Crippen LogP contribution in [0.15, 0.2) is 16.9 Å². The summed E-state index contributed by atoms with van der Waals surface area (Å²) in [5, 5.41) is 13.0. The highest BCUT2D eigenvalue weighted by Crippen LogP contribution is 2.23. The molecular formula is C9H12BrN3O2. The van der Waals surface area contributed by atoms with E-state index in [-0.39, 0.29) is 0 Å². The van der Waals surface area contributed by atoms with Crippen molar-refractivity contribution in [3.8, 4) is 0 Å². The molecule has 0 saturated carbocycles. The van der Waals surface area contributed by atoms with E-state index in [1.54, 1.807) is 6.20 Å². The molecule has 1 aromatic rings. The molecule has 1 saturated heterocycles. The first kappa shape index (κ1) is 10.5. The van der Waals surface area contributed by atoms with Crippen molar-refractivity contribution in [2.24, 2.45) is 0 Å². The van der Waals surface area contributed by atoms with Gasteiger partial charge in [-0.1, -0.05) is 0 Å². The molecule has 0 bridgehead atoms. The number of aromatic nitrogens is 2. The van der Waals surface area contributed by atoms with Crippen LogP contribution in [0, 0.1) is 0 Å². The predicted octanol–water partition coefficient (Wildman–Crippen LogP) is 1.96. The van der Waals surface area contributed by atoms with Gasteiger partial charge in [0.15, 0.2) is 0 Å². The van der Waals surface area contributed by atoms with Gasteiger partial charge in [0, 0.05) is 19.3 Å². The summed E-state index contributed by atoms with van der Waals surface area (Å²) in [6.07, 6.45) is 4.53. The van der Waals surface area contributed by atoms with Crippen LogP contribution in [0.1, 0.15) is 18.9 Å². The first-order valence-electron chi connectivity index (χ1n) is 4.84. The fourth-order valence-electron chi connectivity index (χ4n) is 1.84. The van der Waals surface area contributed by atoms with Crippen molar-refractivity contribution in [1.29, 1.82) is 0 Å². The lowest BCUT2D eigenvalue weighted by atomic mass is 10.1. The van der Waals surface area contributed by atoms with E-state index in [4.69, 9.17) is 5.11 Å². The summed E-state index contributed by atoms with van der Waals surface area (Å²) in [6.45, 7) is 1.19. The topological polar surface area (TPSA) is 58.4 Å². The number of piperidine rings is 1. The largest absolute Gasteiger partial charge is 0.465 e. The molecule has 5 nitrogen and oxygen atoms in total. The first-order chi connectivity index (χ1) is 7.16. The molecule has 1 aliphatic rings. The third-order valence-electron chi connectivity index (χ3n) is 2.68. The lowest BCUT2D eigenvalue weighted by molar-refractivity contribution is 0.124. The van der Waals surface area contributed by atoms with Crippen LogP contribution < -0.4 is 0 Å². The molecule has 0 radical (unpaired) electrons. The van der Waals surface area contributed by atoms with Gasteiger partial charge < -0.3 is 10.0 Å². The summed E-state index contributed by atoms with van der Waals surface area (Å²) in [5.41, 5.74) is 0. The maximum atomic E-state index is 10.7. The minimum atomic E-state index is -0.824. The second-order valence-electron chi connectivity index (χ2n) is 3.64. The second-order valence-corrected chi connectivity index (χ2v) is 4.56. The van der Waals surface area contributed by atoms with Crippen molar-refractivity contribution in [3.05, 3.63) is 16.9 Å². The summed E-state index contributed by atoms with van der Waals surface area (Å²) in [6, 6.07) is 0.326. The normalized spacial score (nSPS) is 18.1. The standard InChI is InChI=1S/C9H12BrN3O2/c10-7-5-11-13(6-7)8-1-3-12(4-2-8)9(14)15/h5-6,8H,1-4H2,(H,14,15). The summed E-state index contributed by atoms with van der Waals surface area (Å²) < 4.78 is 2.87. The second kappa shape index (κ2) is 4.22. The Morgan fingerprint density at radius 3 is 2.67 bits per heavy atom. The number of nitrogens with zero attached hydrogens (tertiary/aromatic N) is 3. The van der Waals surface area contributed by atoms with Gasteiger partial charge in [-0.2, -0.15) is 5.10 Å². The van der Waals surface area contributed by atoms with Crippen LogP contribution >= 0.6 is 15.9 Å². The fraction of sp³-hybridized carbons (Fsp3) is 0.556. The average Bonchev–Trinajstić information content (AvgIpc) is 2.65. The molecule has 82 valence electrons. The third-order valence-corrected chi connectivity index (χ3v) is 3.09. The Kier molecular flexibility index (Phi) is 2.95. The molecule has 15 heavy (non-hydrogen) atoms. The van der Waals surface area contributed by atoms with E-state index in [1.807, 2.05) is 10.9 Å². The molecule has 1 aromatic heterocycles. The maximum Gasteiger partial charge on any atom is 0.407 e. The predicted molar refractivity (Wildman–Crippen MR) is 57.8 cm³/mol. The van der Waals surface area contributed by atoms with Crippen molar-refractivity contribution in [2.45, 2.75) is 18.9 Å². The van der Waals surface area contributed by atoms with Crippen LogP contribution in [-0.4, -0.2) is 39.0 Å². The Labute approximate surface area is 95.8 Å². The minimum absolute atomic E-state index is 0.326. The molecule has 0 spiro atoms. The highest BCUT2D eigenvalue weighted by Gasteiger charge is 2.23. The van der Waals surface area contributed by atoms with Crippen LogP contribution in [-0.2, 0) is 0 Å². The molecule has 1 fully saturated rings. The Morgan fingerprint density at radius 1 is 1.53 bits per heavy atom. The van der Waals surface area contributed by atoms with Crippen molar-refractivity contribution >= 4 is 22.0 Å². The first-order valence-corrected chi connectivity index (χ1v) is 5.63. The highest BCUT2D eigenvalue weighted by atomic mass is 79.9. The summed E-state index contributed by atoms with van der Waals surface area (Å²) in [5.74, 6) is 0. The molecule has 0 aliphatic carbocycles. The molecular weight excluding hydrogens is 262 g/mol. The number of halogens is 1. The molecule has 0 aromatic carbocycles. The molecule has 2 rings (SSSR count). The lowest BCUT2D eigenvalue weighted by Crippen LogP contribution is -2.38. The quantitative estimate of drug-likeness (QED) is 0.851. The van der Waals surface area contributed by atoms with Crippen molar-refractivity contribution in [2.75, 3.05) is 13.1 Å². The Morgan fingerprint density at radius 2 is 2.20 bits per heavy atom. The van der Waals surface area contributed by atoms with E-state index in [1.165, 1.54) is 4.90 Å². The van der Waals surface area contributed by atoms with Crippen LogP contribution in [0.5, 0.6) is 0 Å². The van der Waals surface area contributed by atoms with E-state index < -0.39 is 6.09 Å². The Balaban J connectivity index is 1.96. The van der Waals surface area contributed by atoms with Crippen LogP contribution in [0.2, 0.25) is 0 Å². The highest BCUT2D eigenvalue weighted by molar-refractivity contribution is 9.10. The van der Waals surface area contributed by atoms with Gasteiger partial charge in [0.05, 0.1) is 16.7 Å². The van der Waals surface area contributed by atoms with Gasteiger partial charge in [0.25, 0.3) is 0 Å². The molecule has 1 N–H and O–H groups in total. The van der Waals surface area contributed by atoms with E-state index in [9.17, 15) is 4.79 Å². The van der Waals surface area contributed by atoms with Gasteiger partial charge in [-0.05, 0) is 28.8 Å². The number of amides is 1. The zero-order valence-electron chi connectivity index (χ0n) is 8.14. The van der Waals surface area contributed by atoms with Crippen LogP contribution in [0.25, 0.3) is 0 Å². The van der Waals surface area contributed by atoms with Gasteiger partial charge in [-0.15, -0.1) is 0 Å². The fourth-order valence-corrected chi connectivity index (χ4v) is 2.14. The molecule has 1 amide bonds. The van der Waals surface area contributed by atoms with Gasteiger partial charge >= 0.3 is 6.09 Å². The van der Waals surface area contributed by atoms with Crippen LogP contribution in [0.3, 0.4) is 0 Å². The van der Waals surface area contributed by atoms with Gasteiger partial charge in [-0.3, -0.25) is 4.68 Å². The zero-order valence-corrected chi connectivity index (χ0v) is 9.72. The van der Waals surface area contributed by atoms with Gasteiger partial charge in [0.2, 0.25) is 0 Å². The lowest BCUT2D eigenvalue weighted by Gasteiger charge is -2.29. The number of rotatable bonds is 1. The summed E-state index contributed by atoms with van der Waals surface area (Å²) >= 11 is 3.35. The van der Waals surface area contributed by atoms with E-state index >= 15 is 0 Å². The Hall–Kier alpha value is -1.04. The third kappa shape index (κ3) is 2.31. The van der Waals surface area contributed by atoms with Gasteiger partial charge in [-0.25, -0.2) is 4.79 Å². The average molecular weight is 274 g/mol. The number of carboxylic acid groups (broad SMARTS) is 1. The number of carbonyl (C=O) groups is 1. The molecule has 1 aliphatic heterocycles. The maximum absolute atomic E-state index is 10.7. The SMILES string of the molecule is O=C(O)N1CCC(n2cc(Br)cn2)CC1. The Bertz CT molecular complexity index is 358. The van der Waals surface area contributed by atoms with Crippen molar-refractivity contribution < 1.29 is 9.90 Å². The number of likely N-dealkylation sites (tertiary alicyclic amines) is 1. The molecule has 6 heteroatoms. The monoisotopic (exact) mass is 273 g/mol. The van der Waals surface area contributed by atoms with Gasteiger partial charge in [0.1, 0.15) is 0 Å². The minimum Gasteiger partial charge on any atom is -0.465 e. The van der Waals surface area contributed by atoms with E-state index in [0.717, 1.165) is 17.3 Å². The van der Waals surface area contributed by atoms with Crippen LogP contribution in [0.4, 0.5) is 4.79 Å². The number of hydrogen-bond acceptors (Lipinski definition) is 2. The number of hydrogen-bond donors (Lipinski definition) is 1.